The van der Waals surface area contributed by atoms with Crippen LogP contribution < -0.4 is 15.4 Å². The summed E-state index contributed by atoms with van der Waals surface area (Å²) in [6, 6.07) is 1.85. The van der Waals surface area contributed by atoms with Crippen molar-refractivity contribution < 1.29 is 31.1 Å². The molecule has 0 saturated carbocycles. The fourth-order valence-corrected chi connectivity index (χ4v) is 2.88. The Labute approximate surface area is 187 Å². The molecule has 2 heterocycles. The molecule has 1 aliphatic rings. The molecule has 1 aromatic rings. The van der Waals surface area contributed by atoms with Gasteiger partial charge in [0.15, 0.2) is 5.96 Å². The van der Waals surface area contributed by atoms with E-state index in [2.05, 4.69) is 20.6 Å². The molecule has 1 aromatic heterocycles. The van der Waals surface area contributed by atoms with Crippen molar-refractivity contribution in [3.05, 3.63) is 23.9 Å². The molecular formula is C17H24F6IN5O. The molecule has 1 atom stereocenters. The normalized spacial score (nSPS) is 18.1. The number of rotatable bonds is 7. The molecule has 0 aromatic carbocycles. The second-order valence-electron chi connectivity index (χ2n) is 6.44. The van der Waals surface area contributed by atoms with E-state index in [1.807, 2.05) is 6.92 Å². The van der Waals surface area contributed by atoms with Gasteiger partial charge in [0.05, 0.1) is 13.1 Å². The fourth-order valence-electron chi connectivity index (χ4n) is 2.88. The van der Waals surface area contributed by atoms with E-state index >= 15 is 0 Å². The summed E-state index contributed by atoms with van der Waals surface area (Å²) in [5, 5.41) is 6.00. The largest absolute Gasteiger partial charge is 0.475 e. The van der Waals surface area contributed by atoms with Gasteiger partial charge in [0.1, 0.15) is 12.2 Å². The maximum absolute atomic E-state index is 12.9. The number of halogens is 7. The van der Waals surface area contributed by atoms with Crippen molar-refractivity contribution in [1.82, 2.24) is 20.5 Å². The number of alkyl halides is 6. The molecule has 0 radical (unpaired) electrons. The standard InChI is InChI=1S/C17H23F6N5O.HI/c1-2-24-15(27-12-5-8-28(10-12)11-16(18,19)20)26-7-9-29-14-13(17(21,22)23)4-3-6-25-14;/h3-4,6,12H,2,5,7-11H2,1H3,(H2,24,26,27);1H. The number of nitrogens with zero attached hydrogens (tertiary/aromatic N) is 3. The smallest absolute Gasteiger partial charge is 0.421 e. The van der Waals surface area contributed by atoms with Gasteiger partial charge in [-0.25, -0.2) is 9.98 Å². The number of nitrogens with one attached hydrogen (secondary N) is 2. The SMILES string of the molecule is CCNC(=NCCOc1ncccc1C(F)(F)F)NC1CCN(CC(F)(F)F)C1.I. The highest BCUT2D eigenvalue weighted by atomic mass is 127. The molecule has 0 amide bonds. The fraction of sp³-hybridized carbons (Fsp3) is 0.647. The Morgan fingerprint density at radius 2 is 2.03 bits per heavy atom. The molecule has 1 saturated heterocycles. The van der Waals surface area contributed by atoms with E-state index in [4.69, 9.17) is 4.74 Å². The van der Waals surface area contributed by atoms with Crippen molar-refractivity contribution in [2.75, 3.05) is 39.3 Å². The third-order valence-electron chi connectivity index (χ3n) is 4.04. The van der Waals surface area contributed by atoms with Crippen LogP contribution in [0.5, 0.6) is 5.88 Å². The van der Waals surface area contributed by atoms with Crippen LogP contribution in [0.1, 0.15) is 18.9 Å². The summed E-state index contributed by atoms with van der Waals surface area (Å²) in [4.78, 5) is 9.11. The first kappa shape index (κ1) is 26.5. The number of likely N-dealkylation sites (tertiary alicyclic amines) is 1. The van der Waals surface area contributed by atoms with Gasteiger partial charge in [-0.2, -0.15) is 26.3 Å². The third-order valence-corrected chi connectivity index (χ3v) is 4.04. The van der Waals surface area contributed by atoms with Gasteiger partial charge in [0, 0.05) is 31.9 Å². The van der Waals surface area contributed by atoms with Gasteiger partial charge in [0.25, 0.3) is 0 Å². The lowest BCUT2D eigenvalue weighted by molar-refractivity contribution is -0.143. The highest BCUT2D eigenvalue weighted by molar-refractivity contribution is 14.0. The molecule has 1 unspecified atom stereocenters. The van der Waals surface area contributed by atoms with Crippen molar-refractivity contribution in [2.45, 2.75) is 31.7 Å². The minimum atomic E-state index is -4.58. The summed E-state index contributed by atoms with van der Waals surface area (Å²) >= 11 is 0. The van der Waals surface area contributed by atoms with Gasteiger partial charge in [-0.05, 0) is 25.5 Å². The van der Waals surface area contributed by atoms with Crippen LogP contribution in [-0.4, -0.2) is 67.4 Å². The second kappa shape index (κ2) is 11.8. The Morgan fingerprint density at radius 1 is 1.30 bits per heavy atom. The Bertz CT molecular complexity index is 685. The highest BCUT2D eigenvalue weighted by Crippen LogP contribution is 2.34. The van der Waals surface area contributed by atoms with Gasteiger partial charge in [0.2, 0.25) is 5.88 Å². The summed E-state index contributed by atoms with van der Waals surface area (Å²) < 4.78 is 81.3. The number of aromatic nitrogens is 1. The number of pyridine rings is 1. The van der Waals surface area contributed by atoms with E-state index in [9.17, 15) is 26.3 Å². The number of hydrogen-bond acceptors (Lipinski definition) is 4. The molecule has 172 valence electrons. The number of guanidine groups is 1. The van der Waals surface area contributed by atoms with Gasteiger partial charge < -0.3 is 15.4 Å². The Morgan fingerprint density at radius 3 is 2.67 bits per heavy atom. The van der Waals surface area contributed by atoms with Crippen molar-refractivity contribution in [3.63, 3.8) is 0 Å². The van der Waals surface area contributed by atoms with Crippen molar-refractivity contribution in [2.24, 2.45) is 4.99 Å². The molecule has 2 rings (SSSR count). The maximum atomic E-state index is 12.9. The van der Waals surface area contributed by atoms with Crippen LogP contribution in [0.2, 0.25) is 0 Å². The minimum Gasteiger partial charge on any atom is -0.475 e. The zero-order valence-electron chi connectivity index (χ0n) is 16.2. The third kappa shape index (κ3) is 9.10. The van der Waals surface area contributed by atoms with Gasteiger partial charge >= 0.3 is 12.4 Å². The van der Waals surface area contributed by atoms with Crippen LogP contribution in [0.25, 0.3) is 0 Å². The molecule has 6 nitrogen and oxygen atoms in total. The lowest BCUT2D eigenvalue weighted by atomic mass is 10.2. The summed E-state index contributed by atoms with van der Waals surface area (Å²) in [5.41, 5.74) is -0.968. The van der Waals surface area contributed by atoms with Gasteiger partial charge in [-0.1, -0.05) is 0 Å². The average Bonchev–Trinajstić information content (AvgIpc) is 3.03. The number of ether oxygens (including phenoxy) is 1. The van der Waals surface area contributed by atoms with Crippen LogP contribution in [0.3, 0.4) is 0 Å². The second-order valence-corrected chi connectivity index (χ2v) is 6.44. The van der Waals surface area contributed by atoms with Crippen molar-refractivity contribution in [3.8, 4) is 5.88 Å². The lowest BCUT2D eigenvalue weighted by Crippen LogP contribution is -2.45. The van der Waals surface area contributed by atoms with Crippen molar-refractivity contribution >= 4 is 29.9 Å². The van der Waals surface area contributed by atoms with Crippen molar-refractivity contribution in [1.29, 1.82) is 0 Å². The maximum Gasteiger partial charge on any atom is 0.421 e. The first-order valence-electron chi connectivity index (χ1n) is 9.07. The van der Waals surface area contributed by atoms with Gasteiger partial charge in [-0.15, -0.1) is 24.0 Å². The van der Waals surface area contributed by atoms with E-state index < -0.39 is 30.3 Å². The summed E-state index contributed by atoms with van der Waals surface area (Å²) in [7, 11) is 0. The lowest BCUT2D eigenvalue weighted by Gasteiger charge is -2.19. The molecular weight excluding hydrogens is 531 g/mol. The topological polar surface area (TPSA) is 61.8 Å². The van der Waals surface area contributed by atoms with E-state index in [0.717, 1.165) is 6.07 Å². The number of hydrogen-bond donors (Lipinski definition) is 2. The van der Waals surface area contributed by atoms with Crippen LogP contribution >= 0.6 is 24.0 Å². The van der Waals surface area contributed by atoms with Crippen LogP contribution in [0.15, 0.2) is 23.3 Å². The summed E-state index contributed by atoms with van der Waals surface area (Å²) in [6.45, 7) is 1.83. The highest BCUT2D eigenvalue weighted by Gasteiger charge is 2.35. The Hall–Kier alpha value is -1.51. The van der Waals surface area contributed by atoms with Gasteiger partial charge in [-0.3, -0.25) is 4.90 Å². The zero-order valence-corrected chi connectivity index (χ0v) is 18.5. The molecule has 2 N–H and O–H groups in total. The van der Waals surface area contributed by atoms with Crippen LogP contribution in [0.4, 0.5) is 26.3 Å². The first-order chi connectivity index (χ1) is 13.6. The summed E-state index contributed by atoms with van der Waals surface area (Å²) in [6.07, 6.45) is -7.09. The van der Waals surface area contributed by atoms with E-state index in [1.165, 1.54) is 17.2 Å². The molecule has 30 heavy (non-hydrogen) atoms. The van der Waals surface area contributed by atoms with Crippen LogP contribution in [0, 0.1) is 0 Å². The van der Waals surface area contributed by atoms with Crippen LogP contribution in [-0.2, 0) is 6.18 Å². The average molecular weight is 555 g/mol. The molecule has 0 aliphatic carbocycles. The van der Waals surface area contributed by atoms with E-state index in [-0.39, 0.29) is 49.7 Å². The predicted octanol–water partition coefficient (Wildman–Crippen LogP) is 3.29. The summed E-state index contributed by atoms with van der Waals surface area (Å²) in [5.74, 6) is -0.154. The minimum absolute atomic E-state index is 0. The number of aliphatic imine (C=N–C) groups is 1. The Balaban J connectivity index is 0.00000450. The van der Waals surface area contributed by atoms with E-state index in [1.54, 1.807) is 0 Å². The zero-order chi connectivity index (χ0) is 21.5. The quantitative estimate of drug-likeness (QED) is 0.178. The molecule has 13 heteroatoms. The molecule has 1 aliphatic heterocycles. The molecule has 1 fully saturated rings. The molecule has 0 spiro atoms. The predicted molar refractivity (Wildman–Crippen MR) is 110 cm³/mol. The molecule has 0 bridgehead atoms. The Kier molecular flexibility index (Phi) is 10.4. The van der Waals surface area contributed by atoms with E-state index in [0.29, 0.717) is 25.5 Å². The monoisotopic (exact) mass is 555 g/mol. The first-order valence-corrected chi connectivity index (χ1v) is 9.07.